The van der Waals surface area contributed by atoms with E-state index in [0.29, 0.717) is 68.4 Å². The molecule has 1 atom stereocenters. The van der Waals surface area contributed by atoms with Gasteiger partial charge in [0.25, 0.3) is 0 Å². The topological polar surface area (TPSA) is 112 Å². The predicted molar refractivity (Wildman–Crippen MR) is 153 cm³/mol. The Kier molecular flexibility index (Phi) is 8.18. The van der Waals surface area contributed by atoms with Crippen molar-refractivity contribution in [2.75, 3.05) is 31.6 Å². The van der Waals surface area contributed by atoms with Gasteiger partial charge < -0.3 is 19.7 Å². The minimum Gasteiger partial charge on any atom is -0.493 e. The number of nitrogens with one attached hydrogen (secondary N) is 2. The van der Waals surface area contributed by atoms with E-state index in [2.05, 4.69) is 31.6 Å². The van der Waals surface area contributed by atoms with Gasteiger partial charge in [0.2, 0.25) is 6.43 Å². The Morgan fingerprint density at radius 3 is 2.56 bits per heavy atom. The van der Waals surface area contributed by atoms with E-state index in [1.54, 1.807) is 31.5 Å². The van der Waals surface area contributed by atoms with Crippen LogP contribution in [0.3, 0.4) is 0 Å². The smallest absolute Gasteiger partial charge is 0.239 e. The molecule has 41 heavy (non-hydrogen) atoms. The van der Waals surface area contributed by atoms with E-state index in [1.807, 2.05) is 18.7 Å². The number of H-pyrrole nitrogens is 1. The molecular weight excluding hydrogens is 575 g/mol. The highest BCUT2D eigenvalue weighted by Gasteiger charge is 2.40. The third-order valence-corrected chi connectivity index (χ3v) is 7.60. The molecule has 0 unspecified atom stereocenters. The number of fused-ring (bicyclic) bond motifs is 1. The van der Waals surface area contributed by atoms with Gasteiger partial charge in [-0.15, -0.1) is 0 Å². The van der Waals surface area contributed by atoms with Crippen LogP contribution in [-0.4, -0.2) is 58.9 Å². The molecule has 13 heteroatoms. The summed E-state index contributed by atoms with van der Waals surface area (Å²) in [5, 5.41) is 22.1. The van der Waals surface area contributed by atoms with E-state index in [4.69, 9.17) is 32.7 Å². The first-order valence-corrected chi connectivity index (χ1v) is 13.6. The Morgan fingerprint density at radius 1 is 1.17 bits per heavy atom. The molecule has 3 aromatic heterocycles. The molecule has 5 rings (SSSR count). The summed E-state index contributed by atoms with van der Waals surface area (Å²) in [5.74, 6) is 1.47. The lowest BCUT2D eigenvalue weighted by molar-refractivity contribution is 0.131. The van der Waals surface area contributed by atoms with Crippen molar-refractivity contribution >= 4 is 39.9 Å². The summed E-state index contributed by atoms with van der Waals surface area (Å²) in [6.07, 6.45) is 1.61. The number of nitriles is 1. The highest BCUT2D eigenvalue weighted by atomic mass is 35.5. The van der Waals surface area contributed by atoms with Gasteiger partial charge in [-0.05, 0) is 26.0 Å². The van der Waals surface area contributed by atoms with E-state index < -0.39 is 12.5 Å². The normalized spacial score (nSPS) is 15.0. The Morgan fingerprint density at radius 2 is 1.90 bits per heavy atom. The highest BCUT2D eigenvalue weighted by Crippen LogP contribution is 2.40. The minimum absolute atomic E-state index is 0.202. The summed E-state index contributed by atoms with van der Waals surface area (Å²) in [7, 11) is 1.54. The zero-order chi connectivity index (χ0) is 29.3. The number of hydrogen-bond donors (Lipinski definition) is 2. The molecule has 214 valence electrons. The Labute approximate surface area is 245 Å². The largest absolute Gasteiger partial charge is 0.493 e. The molecule has 0 bridgehead atoms. The van der Waals surface area contributed by atoms with Gasteiger partial charge in [0.1, 0.15) is 23.7 Å². The van der Waals surface area contributed by atoms with Crippen LogP contribution >= 0.6 is 23.2 Å². The van der Waals surface area contributed by atoms with Gasteiger partial charge in [-0.2, -0.15) is 10.4 Å². The lowest BCUT2D eigenvalue weighted by atomic mass is 9.91. The maximum absolute atomic E-state index is 12.5. The molecule has 2 N–H and O–H groups in total. The first kappa shape index (κ1) is 28.8. The van der Waals surface area contributed by atoms with E-state index in [-0.39, 0.29) is 18.5 Å². The monoisotopic (exact) mass is 601 g/mol. The molecule has 1 aliphatic heterocycles. The molecule has 0 aliphatic carbocycles. The summed E-state index contributed by atoms with van der Waals surface area (Å²) in [4.78, 5) is 10.5. The average Bonchev–Trinajstić information content (AvgIpc) is 3.33. The molecule has 4 aromatic rings. The number of benzene rings is 1. The fourth-order valence-corrected chi connectivity index (χ4v) is 5.69. The Bertz CT molecular complexity index is 1600. The van der Waals surface area contributed by atoms with Gasteiger partial charge >= 0.3 is 0 Å². The molecule has 4 heterocycles. The number of nitrogens with zero attached hydrogens (tertiary/aromatic N) is 5. The molecule has 1 fully saturated rings. The second kappa shape index (κ2) is 11.6. The van der Waals surface area contributed by atoms with Crippen LogP contribution in [0.25, 0.3) is 22.2 Å². The average molecular weight is 602 g/mol. The summed E-state index contributed by atoms with van der Waals surface area (Å²) in [6.45, 7) is 5.11. The van der Waals surface area contributed by atoms with Crippen LogP contribution in [0.4, 0.5) is 14.6 Å². The van der Waals surface area contributed by atoms with Crippen LogP contribution in [-0.2, 0) is 0 Å². The number of pyridine rings is 2. The van der Waals surface area contributed by atoms with Crippen LogP contribution in [0, 0.1) is 11.3 Å². The summed E-state index contributed by atoms with van der Waals surface area (Å²) in [6, 6.07) is 7.55. The fourth-order valence-electron chi connectivity index (χ4n) is 5.02. The minimum atomic E-state index is -2.34. The van der Waals surface area contributed by atoms with Crippen molar-refractivity contribution < 1.29 is 18.3 Å². The van der Waals surface area contributed by atoms with Gasteiger partial charge in [0.15, 0.2) is 11.5 Å². The number of alkyl halides is 2. The number of methoxy groups -OCH3 is 1. The van der Waals surface area contributed by atoms with E-state index >= 15 is 0 Å². The van der Waals surface area contributed by atoms with E-state index in [1.165, 1.54) is 12.4 Å². The molecule has 0 saturated carbocycles. The van der Waals surface area contributed by atoms with Crippen LogP contribution in [0.1, 0.15) is 37.5 Å². The lowest BCUT2D eigenvalue weighted by Crippen LogP contribution is -2.68. The van der Waals surface area contributed by atoms with Crippen LogP contribution < -0.4 is 19.7 Å². The summed E-state index contributed by atoms with van der Waals surface area (Å²) < 4.78 is 36.8. The van der Waals surface area contributed by atoms with Crippen molar-refractivity contribution in [1.82, 2.24) is 25.5 Å². The third-order valence-electron chi connectivity index (χ3n) is 7.00. The van der Waals surface area contributed by atoms with Crippen LogP contribution in [0.5, 0.6) is 11.5 Å². The molecule has 0 spiro atoms. The number of rotatable bonds is 10. The third kappa shape index (κ3) is 5.86. The van der Waals surface area contributed by atoms with Crippen molar-refractivity contribution in [3.63, 3.8) is 0 Å². The number of halogens is 4. The van der Waals surface area contributed by atoms with Gasteiger partial charge in [-0.25, -0.2) is 13.8 Å². The van der Waals surface area contributed by atoms with Gasteiger partial charge in [-0.3, -0.25) is 10.1 Å². The second-order valence-electron chi connectivity index (χ2n) is 10.1. The van der Waals surface area contributed by atoms with Crippen molar-refractivity contribution in [3.8, 4) is 28.8 Å². The predicted octanol–water partition coefficient (Wildman–Crippen LogP) is 6.17. The van der Waals surface area contributed by atoms with E-state index in [9.17, 15) is 14.0 Å². The number of aromatic nitrogens is 4. The fraction of sp³-hybridized carbons (Fsp3) is 0.357. The molecule has 1 aromatic carbocycles. The standard InChI is InChI=1S/C28H27Cl2F2N7O2/c1-15(25-19(29)11-34-12-20(25)30)41-23-7-18-21(8-22(23)40-3)37-38-26(18)17-6-16(9-33)27(35-10-17)39-13-28(2,14-39)36-5-4-24(31)32/h6-8,10-12,15,24,36H,4-5,13-14H2,1-3H3,(H,37,38)/t15-/m1/s1. The molecule has 0 radical (unpaired) electrons. The van der Waals surface area contributed by atoms with Crippen molar-refractivity contribution in [3.05, 3.63) is 58.0 Å². The summed E-state index contributed by atoms with van der Waals surface area (Å²) >= 11 is 12.7. The number of hydrogen-bond acceptors (Lipinski definition) is 8. The molecule has 1 aliphatic rings. The second-order valence-corrected chi connectivity index (χ2v) is 10.9. The first-order chi connectivity index (χ1) is 19.6. The highest BCUT2D eigenvalue weighted by molar-refractivity contribution is 6.35. The van der Waals surface area contributed by atoms with Gasteiger partial charge in [-0.1, -0.05) is 23.2 Å². The molecule has 1 saturated heterocycles. The van der Waals surface area contributed by atoms with Crippen LogP contribution in [0.15, 0.2) is 36.8 Å². The van der Waals surface area contributed by atoms with Crippen LogP contribution in [0.2, 0.25) is 10.0 Å². The number of aromatic amines is 1. The maximum atomic E-state index is 12.5. The van der Waals surface area contributed by atoms with Gasteiger partial charge in [0, 0.05) is 67.2 Å². The quantitative estimate of drug-likeness (QED) is 0.222. The zero-order valence-electron chi connectivity index (χ0n) is 22.5. The zero-order valence-corrected chi connectivity index (χ0v) is 24.0. The lowest BCUT2D eigenvalue weighted by Gasteiger charge is -2.49. The molecular formula is C28H27Cl2F2N7O2. The van der Waals surface area contributed by atoms with Crippen molar-refractivity contribution in [1.29, 1.82) is 5.26 Å². The Hall–Kier alpha value is -3.72. The summed E-state index contributed by atoms with van der Waals surface area (Å²) in [5.41, 5.74) is 2.58. The van der Waals surface area contributed by atoms with Crippen molar-refractivity contribution in [2.24, 2.45) is 0 Å². The number of anilines is 1. The number of ether oxygens (including phenoxy) is 2. The maximum Gasteiger partial charge on any atom is 0.239 e. The van der Waals surface area contributed by atoms with Crippen molar-refractivity contribution in [2.45, 2.75) is 38.3 Å². The Balaban J connectivity index is 1.41. The first-order valence-electron chi connectivity index (χ1n) is 12.8. The molecule has 0 amide bonds. The van der Waals surface area contributed by atoms with Gasteiger partial charge in [0.05, 0.1) is 33.8 Å². The van der Waals surface area contributed by atoms with E-state index in [0.717, 1.165) is 5.39 Å². The molecule has 9 nitrogen and oxygen atoms in total. The SMILES string of the molecule is COc1cc2[nH]nc(-c3cnc(N4CC(C)(NCCC(F)F)C4)c(C#N)c3)c2cc1O[C@H](C)c1c(Cl)cncc1Cl.